The molecule has 1 saturated heterocycles. The number of piperidine rings is 1. The molecule has 1 aliphatic rings. The van der Waals surface area contributed by atoms with Gasteiger partial charge in [-0.2, -0.15) is 13.2 Å². The first-order valence-electron chi connectivity index (χ1n) is 10.2. The number of carboxylic acid groups (broad SMARTS) is 1. The summed E-state index contributed by atoms with van der Waals surface area (Å²) < 4.78 is 39.0. The molecule has 0 spiro atoms. The fourth-order valence-corrected chi connectivity index (χ4v) is 3.86. The van der Waals surface area contributed by atoms with Crippen LogP contribution in [0.4, 0.5) is 13.2 Å². The van der Waals surface area contributed by atoms with Crippen LogP contribution in [0.1, 0.15) is 59.3 Å². The number of carboxylic acids is 1. The van der Waals surface area contributed by atoms with Gasteiger partial charge in [-0.25, -0.2) is 4.79 Å². The van der Waals surface area contributed by atoms with Crippen LogP contribution in [0.5, 0.6) is 0 Å². The third kappa shape index (κ3) is 6.61. The van der Waals surface area contributed by atoms with Crippen molar-refractivity contribution in [3.63, 3.8) is 0 Å². The first-order chi connectivity index (χ1) is 14.6. The Balaban J connectivity index is 0.00000363. The van der Waals surface area contributed by atoms with Crippen molar-refractivity contribution in [1.29, 1.82) is 0 Å². The molecule has 5 nitrogen and oxygen atoms in total. The second-order valence-corrected chi connectivity index (χ2v) is 7.84. The van der Waals surface area contributed by atoms with E-state index >= 15 is 0 Å². The molecule has 0 radical (unpaired) electrons. The van der Waals surface area contributed by atoms with Crippen molar-refractivity contribution in [2.45, 2.75) is 51.0 Å². The number of hydrogen-bond donors (Lipinski definition) is 2. The number of halogens is 3. The molecule has 0 bridgehead atoms. The van der Waals surface area contributed by atoms with E-state index in [4.69, 9.17) is 5.11 Å². The molecule has 168 valence electrons. The van der Waals surface area contributed by atoms with Gasteiger partial charge in [-0.3, -0.25) is 9.69 Å². The Hall–Kier alpha value is -2.27. The Morgan fingerprint density at radius 1 is 1.16 bits per heavy atom. The number of carbonyl (C=O) groups is 2. The Labute approximate surface area is 197 Å². The van der Waals surface area contributed by atoms with Gasteiger partial charge < -0.3 is 10.4 Å². The summed E-state index contributed by atoms with van der Waals surface area (Å²) in [4.78, 5) is 25.9. The van der Waals surface area contributed by atoms with Crippen molar-refractivity contribution in [2.24, 2.45) is 0 Å². The zero-order valence-corrected chi connectivity index (χ0v) is 17.2. The molecule has 1 fully saturated rings. The normalized spacial score (nSPS) is 17.8. The number of likely N-dealkylation sites (tertiary alicyclic amines) is 1. The summed E-state index contributed by atoms with van der Waals surface area (Å²) in [5.41, 5.74) is 0.772. The number of alkyl halides is 3. The van der Waals surface area contributed by atoms with Gasteiger partial charge in [0.2, 0.25) is 5.91 Å². The standard InChI is InChI=1S/C23H25F3N2O3.Li.H/c1-15(17-8-10-18(11-9-17)22(30)31)27-21(29)20-7-2-3-12-28(20)14-16-5-4-6-19(13-16)23(24,25)26;;/h4-6,8-11,13,15,20H,2-3,7,12,14H2,1H3,(H,27,29)(H,30,31);;/t15-,20+;;/m0../s1. The first-order valence-corrected chi connectivity index (χ1v) is 10.2. The number of hydrogen-bond acceptors (Lipinski definition) is 3. The van der Waals surface area contributed by atoms with Crippen LogP contribution in [0.2, 0.25) is 0 Å². The molecule has 1 amide bonds. The zero-order chi connectivity index (χ0) is 22.6. The predicted octanol–water partition coefficient (Wildman–Crippen LogP) is 3.99. The summed E-state index contributed by atoms with van der Waals surface area (Å²) in [6.45, 7) is 2.72. The molecule has 3 rings (SSSR count). The third-order valence-electron chi connectivity index (χ3n) is 5.57. The van der Waals surface area contributed by atoms with Crippen LogP contribution >= 0.6 is 0 Å². The topological polar surface area (TPSA) is 69.6 Å². The predicted molar refractivity (Wildman–Crippen MR) is 117 cm³/mol. The number of nitrogens with zero attached hydrogens (tertiary/aromatic N) is 1. The monoisotopic (exact) mass is 442 g/mol. The number of carbonyl (C=O) groups excluding carboxylic acids is 1. The van der Waals surface area contributed by atoms with E-state index < -0.39 is 23.8 Å². The summed E-state index contributed by atoms with van der Waals surface area (Å²) in [5.74, 6) is -1.20. The van der Waals surface area contributed by atoms with Crippen molar-refractivity contribution in [1.82, 2.24) is 10.2 Å². The van der Waals surface area contributed by atoms with E-state index in [0.29, 0.717) is 18.5 Å². The number of aromatic carboxylic acids is 1. The number of amides is 1. The first kappa shape index (κ1) is 26.0. The Morgan fingerprint density at radius 3 is 2.47 bits per heavy atom. The van der Waals surface area contributed by atoms with Gasteiger partial charge in [-0.15, -0.1) is 0 Å². The second-order valence-electron chi connectivity index (χ2n) is 7.84. The fourth-order valence-electron chi connectivity index (χ4n) is 3.86. The van der Waals surface area contributed by atoms with E-state index in [0.717, 1.165) is 30.5 Å². The van der Waals surface area contributed by atoms with Gasteiger partial charge in [0.15, 0.2) is 0 Å². The van der Waals surface area contributed by atoms with E-state index in [1.54, 1.807) is 18.2 Å². The molecular weight excluding hydrogens is 416 g/mol. The van der Waals surface area contributed by atoms with Crippen LogP contribution in [0.3, 0.4) is 0 Å². The van der Waals surface area contributed by atoms with E-state index in [1.165, 1.54) is 18.2 Å². The maximum atomic E-state index is 13.0. The van der Waals surface area contributed by atoms with Crippen molar-refractivity contribution < 1.29 is 27.9 Å². The van der Waals surface area contributed by atoms with Gasteiger partial charge in [-0.05, 0) is 55.6 Å². The molecule has 32 heavy (non-hydrogen) atoms. The molecule has 2 N–H and O–H groups in total. The minimum absolute atomic E-state index is 0. The molecule has 0 aromatic heterocycles. The molecule has 1 heterocycles. The summed E-state index contributed by atoms with van der Waals surface area (Å²) in [7, 11) is 0. The van der Waals surface area contributed by atoms with Crippen LogP contribution in [0.15, 0.2) is 48.5 Å². The Bertz CT molecular complexity index is 935. The van der Waals surface area contributed by atoms with Crippen molar-refractivity contribution >= 4 is 30.7 Å². The van der Waals surface area contributed by atoms with Gasteiger partial charge >= 0.3 is 31.0 Å². The van der Waals surface area contributed by atoms with E-state index in [-0.39, 0.29) is 42.9 Å². The zero-order valence-electron chi connectivity index (χ0n) is 17.2. The molecule has 2 aromatic rings. The summed E-state index contributed by atoms with van der Waals surface area (Å²) in [5, 5.41) is 12.0. The minimum atomic E-state index is -4.40. The SMILES string of the molecule is C[C@H](NC(=O)[C@H]1CCCCN1Cc1cccc(C(F)(F)F)c1)c1ccc(C(=O)O)cc1.[LiH]. The molecular formula is C23H26F3LiN2O3. The van der Waals surface area contributed by atoms with Crippen molar-refractivity contribution in [3.8, 4) is 0 Å². The molecule has 1 aliphatic heterocycles. The number of benzene rings is 2. The van der Waals surface area contributed by atoms with E-state index in [9.17, 15) is 22.8 Å². The second kappa shape index (κ2) is 11.0. The number of rotatable bonds is 6. The molecule has 0 aliphatic carbocycles. The average molecular weight is 442 g/mol. The van der Waals surface area contributed by atoms with Gasteiger partial charge in [0.1, 0.15) is 0 Å². The van der Waals surface area contributed by atoms with Crippen LogP contribution in [-0.4, -0.2) is 53.3 Å². The van der Waals surface area contributed by atoms with Gasteiger partial charge in [0.25, 0.3) is 0 Å². The Kier molecular flexibility index (Phi) is 8.96. The van der Waals surface area contributed by atoms with Crippen LogP contribution in [-0.2, 0) is 17.5 Å². The average Bonchev–Trinajstić information content (AvgIpc) is 2.73. The number of nitrogens with one attached hydrogen (secondary N) is 1. The summed E-state index contributed by atoms with van der Waals surface area (Å²) in [6.07, 6.45) is -2.01. The van der Waals surface area contributed by atoms with Crippen LogP contribution in [0.25, 0.3) is 0 Å². The van der Waals surface area contributed by atoms with Crippen molar-refractivity contribution in [3.05, 3.63) is 70.8 Å². The third-order valence-corrected chi connectivity index (χ3v) is 5.57. The molecule has 0 unspecified atom stereocenters. The summed E-state index contributed by atoms with van der Waals surface area (Å²) >= 11 is 0. The molecule has 9 heteroatoms. The van der Waals surface area contributed by atoms with Gasteiger partial charge in [-0.1, -0.05) is 36.8 Å². The van der Waals surface area contributed by atoms with Crippen LogP contribution < -0.4 is 5.32 Å². The van der Waals surface area contributed by atoms with Gasteiger partial charge in [0, 0.05) is 6.54 Å². The maximum absolute atomic E-state index is 13.0. The molecule has 2 atom stereocenters. The molecule has 0 saturated carbocycles. The Morgan fingerprint density at radius 2 is 1.84 bits per heavy atom. The van der Waals surface area contributed by atoms with E-state index in [2.05, 4.69) is 5.32 Å². The quantitative estimate of drug-likeness (QED) is 0.664. The summed E-state index contributed by atoms with van der Waals surface area (Å²) in [6, 6.07) is 10.8. The van der Waals surface area contributed by atoms with E-state index in [1.807, 2.05) is 11.8 Å². The van der Waals surface area contributed by atoms with Gasteiger partial charge in [0.05, 0.1) is 23.2 Å². The molecule has 2 aromatic carbocycles. The van der Waals surface area contributed by atoms with Crippen LogP contribution in [0, 0.1) is 0 Å². The fraction of sp³-hybridized carbons (Fsp3) is 0.391. The van der Waals surface area contributed by atoms with Crippen molar-refractivity contribution in [2.75, 3.05) is 6.54 Å².